The molecule has 2 atom stereocenters. The summed E-state index contributed by atoms with van der Waals surface area (Å²) in [6, 6.07) is -0.434. The van der Waals surface area contributed by atoms with Gasteiger partial charge in [-0.3, -0.25) is 9.59 Å². The second-order valence-electron chi connectivity index (χ2n) is 6.35. The molecule has 0 saturated carbocycles. The van der Waals surface area contributed by atoms with Crippen LogP contribution < -0.4 is 5.32 Å². The number of amides is 2. The topological polar surface area (TPSA) is 95.9 Å². The second kappa shape index (κ2) is 6.36. The third-order valence-electron chi connectivity index (χ3n) is 4.23. The van der Waals surface area contributed by atoms with Crippen LogP contribution in [0.4, 0.5) is 0 Å². The minimum absolute atomic E-state index is 0.00753. The first-order valence-corrected chi connectivity index (χ1v) is 9.42. The van der Waals surface area contributed by atoms with E-state index in [1.54, 1.807) is 0 Å². The third kappa shape index (κ3) is 3.85. The average molecular weight is 329 g/mol. The highest BCUT2D eigenvalue weighted by Crippen LogP contribution is 2.22. The molecule has 7 nitrogen and oxygen atoms in total. The third-order valence-corrected chi connectivity index (χ3v) is 5.99. The molecule has 1 fully saturated rings. The van der Waals surface area contributed by atoms with Crippen LogP contribution in [0.1, 0.15) is 40.0 Å². The Balaban J connectivity index is 2.11. The number of hydrogen-bond donors (Lipinski definition) is 1. The highest BCUT2D eigenvalue weighted by Gasteiger charge is 2.37. The molecule has 0 spiro atoms. The molecule has 0 aromatic rings. The molecule has 2 aliphatic heterocycles. The summed E-state index contributed by atoms with van der Waals surface area (Å²) in [5.74, 6) is -0.191. The number of nitrogens with zero attached hydrogens (tertiary/aromatic N) is 2. The second-order valence-corrected chi connectivity index (χ2v) is 8.58. The van der Waals surface area contributed by atoms with Crippen molar-refractivity contribution in [2.45, 2.75) is 52.1 Å². The van der Waals surface area contributed by atoms with E-state index in [0.717, 1.165) is 0 Å². The maximum Gasteiger partial charge on any atom is 0.267 e. The molecule has 0 aromatic heterocycles. The van der Waals surface area contributed by atoms with Gasteiger partial charge in [0.2, 0.25) is 5.91 Å². The number of sulfone groups is 1. The predicted octanol–water partition coefficient (Wildman–Crippen LogP) is 0.313. The molecule has 1 saturated heterocycles. The van der Waals surface area contributed by atoms with Crippen LogP contribution in [0.3, 0.4) is 0 Å². The van der Waals surface area contributed by atoms with E-state index in [9.17, 15) is 18.0 Å². The van der Waals surface area contributed by atoms with E-state index >= 15 is 0 Å². The van der Waals surface area contributed by atoms with Gasteiger partial charge < -0.3 is 5.32 Å². The quantitative estimate of drug-likeness (QED) is 0.803. The molecule has 2 aliphatic rings. The Kier molecular flexibility index (Phi) is 4.89. The number of nitrogens with one attached hydrogen (secondary N) is 1. The summed E-state index contributed by atoms with van der Waals surface area (Å²) in [5.41, 5.74) is 0.302. The molecule has 2 heterocycles. The Hall–Kier alpha value is -1.44. The van der Waals surface area contributed by atoms with Gasteiger partial charge in [-0.05, 0) is 19.3 Å². The normalized spacial score (nSPS) is 26.0. The Morgan fingerprint density at radius 3 is 2.55 bits per heavy atom. The summed E-state index contributed by atoms with van der Waals surface area (Å²) in [6.45, 7) is 5.93. The molecule has 0 bridgehead atoms. The monoisotopic (exact) mass is 329 g/mol. The number of hydrazone groups is 1. The minimum atomic E-state index is -3.10. The van der Waals surface area contributed by atoms with E-state index in [1.807, 2.05) is 20.8 Å². The minimum Gasteiger partial charge on any atom is -0.348 e. The zero-order valence-electron chi connectivity index (χ0n) is 13.2. The van der Waals surface area contributed by atoms with Crippen LogP contribution in [-0.2, 0) is 19.4 Å². The number of rotatable bonds is 4. The lowest BCUT2D eigenvalue weighted by Gasteiger charge is -2.28. The lowest BCUT2D eigenvalue weighted by atomic mass is 10.1. The maximum absolute atomic E-state index is 12.2. The van der Waals surface area contributed by atoms with Gasteiger partial charge in [0.25, 0.3) is 5.91 Å². The highest BCUT2D eigenvalue weighted by atomic mass is 32.2. The van der Waals surface area contributed by atoms with Crippen LogP contribution in [-0.4, -0.2) is 54.5 Å². The first-order chi connectivity index (χ1) is 10.2. The fraction of sp³-hybridized carbons (Fsp3) is 0.786. The van der Waals surface area contributed by atoms with Gasteiger partial charge in [0, 0.05) is 18.9 Å². The Bertz CT molecular complexity index is 597. The van der Waals surface area contributed by atoms with Gasteiger partial charge in [-0.15, -0.1) is 0 Å². The van der Waals surface area contributed by atoms with Gasteiger partial charge in [-0.25, -0.2) is 13.4 Å². The number of carbonyl (C=O) groups is 2. The Labute approximate surface area is 131 Å². The molecule has 2 amide bonds. The molecule has 124 valence electrons. The Morgan fingerprint density at radius 1 is 1.32 bits per heavy atom. The van der Waals surface area contributed by atoms with Crippen molar-refractivity contribution in [3.63, 3.8) is 0 Å². The van der Waals surface area contributed by atoms with Crippen molar-refractivity contribution in [3.8, 4) is 0 Å². The summed E-state index contributed by atoms with van der Waals surface area (Å²) >= 11 is 0. The molecule has 0 radical (unpaired) electrons. The summed E-state index contributed by atoms with van der Waals surface area (Å²) in [5, 5.41) is 8.22. The van der Waals surface area contributed by atoms with Crippen molar-refractivity contribution in [2.75, 3.05) is 11.5 Å². The SMILES string of the molecule is CC(C)[C@H](C)NC(=O)C1=NN([C@@H]2CCS(=O)(=O)C2)C(=O)CC1. The van der Waals surface area contributed by atoms with Gasteiger partial charge in [0.05, 0.1) is 17.5 Å². The lowest BCUT2D eigenvalue weighted by molar-refractivity contribution is -0.133. The smallest absolute Gasteiger partial charge is 0.267 e. The van der Waals surface area contributed by atoms with Crippen LogP contribution in [0, 0.1) is 5.92 Å². The molecule has 0 aliphatic carbocycles. The summed E-state index contributed by atoms with van der Waals surface area (Å²) in [7, 11) is -3.10. The van der Waals surface area contributed by atoms with Crippen LogP contribution in [0.15, 0.2) is 5.10 Å². The van der Waals surface area contributed by atoms with E-state index in [0.29, 0.717) is 24.5 Å². The van der Waals surface area contributed by atoms with Crippen molar-refractivity contribution in [1.82, 2.24) is 10.3 Å². The molecule has 22 heavy (non-hydrogen) atoms. The fourth-order valence-electron chi connectivity index (χ4n) is 2.44. The number of hydrogen-bond acceptors (Lipinski definition) is 5. The zero-order chi connectivity index (χ0) is 16.5. The van der Waals surface area contributed by atoms with Gasteiger partial charge in [0.15, 0.2) is 9.84 Å². The Morgan fingerprint density at radius 2 is 2.00 bits per heavy atom. The molecule has 0 unspecified atom stereocenters. The van der Waals surface area contributed by atoms with Gasteiger partial charge >= 0.3 is 0 Å². The van der Waals surface area contributed by atoms with E-state index in [1.165, 1.54) is 5.01 Å². The molecule has 1 N–H and O–H groups in total. The van der Waals surface area contributed by atoms with Crippen molar-refractivity contribution in [1.29, 1.82) is 0 Å². The van der Waals surface area contributed by atoms with Crippen LogP contribution >= 0.6 is 0 Å². The average Bonchev–Trinajstić information content (AvgIpc) is 2.79. The first-order valence-electron chi connectivity index (χ1n) is 7.60. The van der Waals surface area contributed by atoms with E-state index in [-0.39, 0.29) is 35.8 Å². The summed E-state index contributed by atoms with van der Waals surface area (Å²) in [4.78, 5) is 24.2. The van der Waals surface area contributed by atoms with Crippen molar-refractivity contribution < 1.29 is 18.0 Å². The van der Waals surface area contributed by atoms with E-state index < -0.39 is 15.9 Å². The molecule has 8 heteroatoms. The largest absolute Gasteiger partial charge is 0.348 e. The van der Waals surface area contributed by atoms with Crippen molar-refractivity contribution in [3.05, 3.63) is 0 Å². The summed E-state index contributed by atoms with van der Waals surface area (Å²) < 4.78 is 23.1. The van der Waals surface area contributed by atoms with Gasteiger partial charge in [0.1, 0.15) is 5.71 Å². The fourth-order valence-corrected chi connectivity index (χ4v) is 4.14. The molecular formula is C14H23N3O4S. The highest BCUT2D eigenvalue weighted by molar-refractivity contribution is 7.91. The van der Waals surface area contributed by atoms with Crippen LogP contribution in [0.2, 0.25) is 0 Å². The predicted molar refractivity (Wildman–Crippen MR) is 83.0 cm³/mol. The maximum atomic E-state index is 12.2. The molecular weight excluding hydrogens is 306 g/mol. The summed E-state index contributed by atoms with van der Waals surface area (Å²) in [6.07, 6.45) is 0.874. The zero-order valence-corrected chi connectivity index (χ0v) is 14.0. The van der Waals surface area contributed by atoms with Crippen LogP contribution in [0.25, 0.3) is 0 Å². The molecule has 2 rings (SSSR count). The number of carbonyl (C=O) groups excluding carboxylic acids is 2. The molecule has 0 aromatic carbocycles. The van der Waals surface area contributed by atoms with E-state index in [2.05, 4.69) is 10.4 Å². The van der Waals surface area contributed by atoms with Crippen molar-refractivity contribution in [2.24, 2.45) is 11.0 Å². The van der Waals surface area contributed by atoms with Gasteiger partial charge in [-0.2, -0.15) is 5.10 Å². The van der Waals surface area contributed by atoms with E-state index in [4.69, 9.17) is 0 Å². The van der Waals surface area contributed by atoms with Crippen LogP contribution in [0.5, 0.6) is 0 Å². The lowest BCUT2D eigenvalue weighted by Crippen LogP contribution is -2.46. The first kappa shape index (κ1) is 16.9. The van der Waals surface area contributed by atoms with Gasteiger partial charge in [-0.1, -0.05) is 13.8 Å². The standard InChI is InChI=1S/C14H23N3O4S/c1-9(2)10(3)15-14(19)12-4-5-13(18)17(16-12)11-6-7-22(20,21)8-11/h9-11H,4-8H2,1-3H3,(H,15,19)/t10-,11+/m0/s1. The van der Waals surface area contributed by atoms with Crippen molar-refractivity contribution >= 4 is 27.4 Å².